The van der Waals surface area contributed by atoms with Crippen molar-refractivity contribution < 1.29 is 14.3 Å². The molecule has 2 rings (SSSR count). The molecule has 1 aliphatic rings. The summed E-state index contributed by atoms with van der Waals surface area (Å²) in [7, 11) is 0. The third kappa shape index (κ3) is 2.01. The van der Waals surface area contributed by atoms with E-state index in [-0.39, 0.29) is 5.92 Å². The Balaban J connectivity index is 2.40. The van der Waals surface area contributed by atoms with Gasteiger partial charge in [-0.1, -0.05) is 17.7 Å². The molecule has 2 nitrogen and oxygen atoms in total. The van der Waals surface area contributed by atoms with E-state index in [1.165, 1.54) is 6.07 Å². The van der Waals surface area contributed by atoms with Gasteiger partial charge in [0.25, 0.3) is 0 Å². The lowest BCUT2D eigenvalue weighted by atomic mass is 9.93. The second kappa shape index (κ2) is 3.65. The first-order valence-electron chi connectivity index (χ1n) is 5.08. The number of hydrogen-bond acceptors (Lipinski definition) is 1. The smallest absolute Gasteiger partial charge is 0.311 e. The molecule has 1 aliphatic carbocycles. The van der Waals surface area contributed by atoms with E-state index in [0.717, 1.165) is 18.4 Å². The van der Waals surface area contributed by atoms with E-state index in [1.54, 1.807) is 12.1 Å². The second-order valence-corrected chi connectivity index (χ2v) is 4.18. The van der Waals surface area contributed by atoms with Crippen molar-refractivity contribution in [3.63, 3.8) is 0 Å². The van der Waals surface area contributed by atoms with Gasteiger partial charge in [-0.05, 0) is 31.7 Å². The van der Waals surface area contributed by atoms with Crippen LogP contribution in [0.2, 0.25) is 0 Å². The highest BCUT2D eigenvalue weighted by atomic mass is 19.1. The summed E-state index contributed by atoms with van der Waals surface area (Å²) in [5.74, 6) is -1.86. The average molecular weight is 208 g/mol. The first-order chi connectivity index (χ1) is 7.09. The van der Waals surface area contributed by atoms with Crippen LogP contribution in [0.15, 0.2) is 18.2 Å². The van der Waals surface area contributed by atoms with Crippen LogP contribution in [0.3, 0.4) is 0 Å². The highest BCUT2D eigenvalue weighted by Gasteiger charge is 2.38. The van der Waals surface area contributed by atoms with Gasteiger partial charge in [-0.25, -0.2) is 4.39 Å². The summed E-state index contributed by atoms with van der Waals surface area (Å²) in [5.41, 5.74) is 1.24. The van der Waals surface area contributed by atoms with Crippen molar-refractivity contribution in [3.05, 3.63) is 35.1 Å². The molecule has 15 heavy (non-hydrogen) atoms. The quantitative estimate of drug-likeness (QED) is 0.829. The average Bonchev–Trinajstić information content (AvgIpc) is 2.95. The number of halogens is 1. The molecule has 1 fully saturated rings. The zero-order valence-electron chi connectivity index (χ0n) is 8.53. The number of carbonyl (C=O) groups is 1. The molecule has 0 aliphatic heterocycles. The summed E-state index contributed by atoms with van der Waals surface area (Å²) < 4.78 is 13.5. The number of aliphatic carboxylic acids is 1. The van der Waals surface area contributed by atoms with Crippen molar-refractivity contribution in [1.82, 2.24) is 0 Å². The Kier molecular flexibility index (Phi) is 2.47. The van der Waals surface area contributed by atoms with Crippen LogP contribution in [-0.4, -0.2) is 11.1 Å². The molecule has 0 bridgehead atoms. The van der Waals surface area contributed by atoms with Crippen LogP contribution >= 0.6 is 0 Å². The number of carboxylic acid groups (broad SMARTS) is 1. The van der Waals surface area contributed by atoms with Crippen LogP contribution in [-0.2, 0) is 4.79 Å². The van der Waals surface area contributed by atoms with Crippen molar-refractivity contribution in [3.8, 4) is 0 Å². The van der Waals surface area contributed by atoms with Crippen LogP contribution in [0.5, 0.6) is 0 Å². The van der Waals surface area contributed by atoms with Gasteiger partial charge in [-0.3, -0.25) is 4.79 Å². The Morgan fingerprint density at radius 1 is 1.53 bits per heavy atom. The molecule has 0 amide bonds. The molecule has 1 aromatic rings. The van der Waals surface area contributed by atoms with Crippen LogP contribution < -0.4 is 0 Å². The third-order valence-electron chi connectivity index (χ3n) is 2.85. The lowest BCUT2D eigenvalue weighted by molar-refractivity contribution is -0.139. The zero-order valence-corrected chi connectivity index (χ0v) is 8.53. The first-order valence-corrected chi connectivity index (χ1v) is 5.08. The number of aryl methyl sites for hydroxylation is 1. The lowest BCUT2D eigenvalue weighted by Gasteiger charge is -2.13. The van der Waals surface area contributed by atoms with Crippen LogP contribution in [0.1, 0.15) is 29.9 Å². The maximum absolute atomic E-state index is 13.5. The van der Waals surface area contributed by atoms with E-state index in [9.17, 15) is 9.18 Å². The number of benzene rings is 1. The minimum absolute atomic E-state index is 0.124. The van der Waals surface area contributed by atoms with Gasteiger partial charge in [0.15, 0.2) is 0 Å². The van der Waals surface area contributed by atoms with Gasteiger partial charge in [0, 0.05) is 5.56 Å². The minimum Gasteiger partial charge on any atom is -0.481 e. The first kappa shape index (κ1) is 10.1. The molecular weight excluding hydrogens is 195 g/mol. The summed E-state index contributed by atoms with van der Waals surface area (Å²) >= 11 is 0. The predicted molar refractivity (Wildman–Crippen MR) is 54.2 cm³/mol. The van der Waals surface area contributed by atoms with E-state index < -0.39 is 17.7 Å². The molecule has 1 aromatic carbocycles. The summed E-state index contributed by atoms with van der Waals surface area (Å²) in [6.07, 6.45) is 1.79. The van der Waals surface area contributed by atoms with E-state index in [1.807, 2.05) is 6.92 Å². The van der Waals surface area contributed by atoms with E-state index in [4.69, 9.17) is 5.11 Å². The lowest BCUT2D eigenvalue weighted by Crippen LogP contribution is -2.15. The summed E-state index contributed by atoms with van der Waals surface area (Å²) in [4.78, 5) is 11.1. The van der Waals surface area contributed by atoms with Crippen LogP contribution in [0.25, 0.3) is 0 Å². The Hall–Kier alpha value is -1.38. The van der Waals surface area contributed by atoms with Crippen molar-refractivity contribution in [2.75, 3.05) is 0 Å². The molecule has 1 atom stereocenters. The minimum atomic E-state index is -0.915. The Morgan fingerprint density at radius 3 is 2.73 bits per heavy atom. The van der Waals surface area contributed by atoms with E-state index >= 15 is 0 Å². The highest BCUT2D eigenvalue weighted by molar-refractivity contribution is 5.77. The largest absolute Gasteiger partial charge is 0.481 e. The van der Waals surface area contributed by atoms with Gasteiger partial charge < -0.3 is 5.11 Å². The molecule has 80 valence electrons. The van der Waals surface area contributed by atoms with Crippen molar-refractivity contribution in [2.45, 2.75) is 25.7 Å². The Morgan fingerprint density at radius 2 is 2.20 bits per heavy atom. The fourth-order valence-electron chi connectivity index (χ4n) is 1.92. The summed E-state index contributed by atoms with van der Waals surface area (Å²) in [6, 6.07) is 4.65. The molecule has 3 heteroatoms. The highest BCUT2D eigenvalue weighted by Crippen LogP contribution is 2.43. The summed E-state index contributed by atoms with van der Waals surface area (Å²) in [6.45, 7) is 1.84. The molecule has 0 heterocycles. The van der Waals surface area contributed by atoms with Gasteiger partial charge in [0.1, 0.15) is 5.82 Å². The zero-order chi connectivity index (χ0) is 11.0. The second-order valence-electron chi connectivity index (χ2n) is 4.18. The van der Waals surface area contributed by atoms with Crippen molar-refractivity contribution >= 4 is 5.97 Å². The Labute approximate surface area is 87.7 Å². The number of carboxylic acids is 1. The van der Waals surface area contributed by atoms with Gasteiger partial charge >= 0.3 is 5.97 Å². The fourth-order valence-corrected chi connectivity index (χ4v) is 1.92. The van der Waals surface area contributed by atoms with Crippen molar-refractivity contribution in [1.29, 1.82) is 0 Å². The number of rotatable bonds is 3. The third-order valence-corrected chi connectivity index (χ3v) is 2.85. The maximum Gasteiger partial charge on any atom is 0.311 e. The molecule has 1 N–H and O–H groups in total. The van der Waals surface area contributed by atoms with Crippen LogP contribution in [0.4, 0.5) is 4.39 Å². The van der Waals surface area contributed by atoms with Gasteiger partial charge in [0.05, 0.1) is 5.92 Å². The molecule has 0 saturated heterocycles. The topological polar surface area (TPSA) is 37.3 Å². The molecule has 0 spiro atoms. The maximum atomic E-state index is 13.5. The Bertz CT molecular complexity index is 397. The molecular formula is C12H13FO2. The molecule has 1 unspecified atom stereocenters. The number of hydrogen-bond donors (Lipinski definition) is 1. The normalized spacial score (nSPS) is 17.5. The van der Waals surface area contributed by atoms with E-state index in [2.05, 4.69) is 0 Å². The molecule has 0 radical (unpaired) electrons. The van der Waals surface area contributed by atoms with Gasteiger partial charge in [-0.2, -0.15) is 0 Å². The standard InChI is InChI=1S/C12H13FO2/c1-7-2-5-10(13)9(6-7)11(12(14)15)8-3-4-8/h2,5-6,8,11H,3-4H2,1H3,(H,14,15). The SMILES string of the molecule is Cc1ccc(F)c(C(C(=O)O)C2CC2)c1. The van der Waals surface area contributed by atoms with Gasteiger partial charge in [0.2, 0.25) is 0 Å². The van der Waals surface area contributed by atoms with E-state index in [0.29, 0.717) is 5.56 Å². The van der Waals surface area contributed by atoms with Crippen LogP contribution in [0, 0.1) is 18.7 Å². The van der Waals surface area contributed by atoms with Crippen molar-refractivity contribution in [2.24, 2.45) is 5.92 Å². The molecule has 1 saturated carbocycles. The predicted octanol–water partition coefficient (Wildman–Crippen LogP) is 2.71. The van der Waals surface area contributed by atoms with Gasteiger partial charge in [-0.15, -0.1) is 0 Å². The summed E-state index contributed by atoms with van der Waals surface area (Å²) in [5, 5.41) is 9.09. The fraction of sp³-hybridized carbons (Fsp3) is 0.417. The molecule has 0 aromatic heterocycles. The monoisotopic (exact) mass is 208 g/mol.